The van der Waals surface area contributed by atoms with E-state index in [9.17, 15) is 18.0 Å². The zero-order chi connectivity index (χ0) is 22.3. The molecule has 0 spiro atoms. The van der Waals surface area contributed by atoms with Gasteiger partial charge in [-0.3, -0.25) is 15.0 Å². The molecule has 160 valence electrons. The Morgan fingerprint density at radius 2 is 1.45 bits per heavy atom. The normalized spacial score (nSPS) is 11.0. The zero-order valence-corrected chi connectivity index (χ0v) is 17.1. The number of nitrogens with one attached hydrogen (secondary N) is 2. The lowest BCUT2D eigenvalue weighted by Crippen LogP contribution is -2.41. The quantitative estimate of drug-likeness (QED) is 0.440. The molecule has 0 saturated heterocycles. The third-order valence-electron chi connectivity index (χ3n) is 4.25. The molecule has 0 aliphatic rings. The minimum Gasteiger partial charge on any atom is -0.489 e. The number of hydrazine groups is 1. The Balaban J connectivity index is 1.55. The number of hydrogen-bond acceptors (Lipinski definition) is 5. The van der Waals surface area contributed by atoms with Gasteiger partial charge in [0.1, 0.15) is 12.4 Å². The number of carbonyl (C=O) groups is 2. The molecule has 1 amide bonds. The van der Waals surface area contributed by atoms with Crippen LogP contribution in [0.4, 0.5) is 0 Å². The second-order valence-electron chi connectivity index (χ2n) is 6.57. The Morgan fingerprint density at radius 3 is 2.06 bits per heavy atom. The van der Waals surface area contributed by atoms with Gasteiger partial charge in [0, 0.05) is 5.56 Å². The van der Waals surface area contributed by atoms with Crippen LogP contribution in [0.25, 0.3) is 0 Å². The molecule has 0 saturated carbocycles. The molecular formula is C22H20N2O6S. The maximum atomic E-state index is 12.3. The summed E-state index contributed by atoms with van der Waals surface area (Å²) in [6.45, 7) is 0.330. The smallest absolute Gasteiger partial charge is 0.307 e. The molecule has 0 atom stereocenters. The van der Waals surface area contributed by atoms with E-state index in [4.69, 9.17) is 9.84 Å². The molecule has 0 heterocycles. The molecular weight excluding hydrogens is 420 g/mol. The number of rotatable bonds is 9. The molecule has 8 nitrogen and oxygen atoms in total. The van der Waals surface area contributed by atoms with E-state index in [1.54, 1.807) is 24.3 Å². The molecule has 3 aromatic carbocycles. The van der Waals surface area contributed by atoms with Crippen molar-refractivity contribution >= 4 is 21.9 Å². The van der Waals surface area contributed by atoms with Crippen molar-refractivity contribution in [1.29, 1.82) is 0 Å². The maximum Gasteiger partial charge on any atom is 0.307 e. The van der Waals surface area contributed by atoms with E-state index in [1.807, 2.05) is 35.2 Å². The van der Waals surface area contributed by atoms with Gasteiger partial charge in [-0.2, -0.15) is 0 Å². The molecule has 9 heteroatoms. The number of aliphatic carboxylic acids is 1. The molecule has 3 N–H and O–H groups in total. The summed E-state index contributed by atoms with van der Waals surface area (Å²) in [7, 11) is -4.01. The highest BCUT2D eigenvalue weighted by Crippen LogP contribution is 2.13. The Hall–Kier alpha value is -3.69. The van der Waals surface area contributed by atoms with E-state index in [1.165, 1.54) is 24.3 Å². The lowest BCUT2D eigenvalue weighted by Gasteiger charge is -2.10. The summed E-state index contributed by atoms with van der Waals surface area (Å²) in [6.07, 6.45) is -0.211. The number of benzene rings is 3. The van der Waals surface area contributed by atoms with Crippen molar-refractivity contribution in [2.45, 2.75) is 17.9 Å². The topological polar surface area (TPSA) is 122 Å². The van der Waals surface area contributed by atoms with Crippen LogP contribution in [0.5, 0.6) is 5.75 Å². The minimum atomic E-state index is -4.01. The maximum absolute atomic E-state index is 12.3. The molecule has 0 aliphatic carbocycles. The average molecular weight is 440 g/mol. The number of carbonyl (C=O) groups excluding carboxylic acids is 1. The fraction of sp³-hybridized carbons (Fsp3) is 0.0909. The first-order chi connectivity index (χ1) is 14.8. The number of carboxylic acid groups (broad SMARTS) is 1. The minimum absolute atomic E-state index is 0.102. The Morgan fingerprint density at radius 1 is 0.839 bits per heavy atom. The van der Waals surface area contributed by atoms with Gasteiger partial charge in [0.15, 0.2) is 0 Å². The second kappa shape index (κ2) is 9.88. The fourth-order valence-electron chi connectivity index (χ4n) is 2.64. The fourth-order valence-corrected chi connectivity index (χ4v) is 3.48. The van der Waals surface area contributed by atoms with Crippen LogP contribution in [0.15, 0.2) is 83.8 Å². The molecule has 0 fully saturated rings. The molecule has 0 bridgehead atoms. The van der Waals surface area contributed by atoms with Crippen LogP contribution in [0, 0.1) is 0 Å². The Bertz CT molecular complexity index is 1140. The van der Waals surface area contributed by atoms with Gasteiger partial charge in [-0.25, -0.2) is 8.42 Å². The van der Waals surface area contributed by atoms with Gasteiger partial charge in [-0.05, 0) is 47.5 Å². The average Bonchev–Trinajstić information content (AvgIpc) is 2.77. The summed E-state index contributed by atoms with van der Waals surface area (Å²) in [5, 5.41) is 8.76. The number of carboxylic acids is 1. The summed E-state index contributed by atoms with van der Waals surface area (Å²) in [5.74, 6) is -0.907. The van der Waals surface area contributed by atoms with Gasteiger partial charge in [-0.15, -0.1) is 4.83 Å². The van der Waals surface area contributed by atoms with Crippen LogP contribution in [-0.4, -0.2) is 25.4 Å². The van der Waals surface area contributed by atoms with E-state index in [0.717, 1.165) is 11.3 Å². The number of sulfonamides is 1. The van der Waals surface area contributed by atoms with Gasteiger partial charge >= 0.3 is 5.97 Å². The highest BCUT2D eigenvalue weighted by atomic mass is 32.2. The van der Waals surface area contributed by atoms with Crippen molar-refractivity contribution in [1.82, 2.24) is 10.3 Å². The van der Waals surface area contributed by atoms with E-state index >= 15 is 0 Å². The van der Waals surface area contributed by atoms with Crippen molar-refractivity contribution < 1.29 is 27.9 Å². The Kier molecular flexibility index (Phi) is 7.01. The van der Waals surface area contributed by atoms with Crippen LogP contribution in [-0.2, 0) is 27.8 Å². The summed E-state index contributed by atoms with van der Waals surface area (Å²) in [4.78, 5) is 24.9. The summed E-state index contributed by atoms with van der Waals surface area (Å²) < 4.78 is 30.3. The first-order valence-corrected chi connectivity index (χ1v) is 10.7. The van der Waals surface area contributed by atoms with Crippen LogP contribution in [0.2, 0.25) is 0 Å². The van der Waals surface area contributed by atoms with Crippen molar-refractivity contribution in [3.05, 3.63) is 95.6 Å². The predicted octanol–water partition coefficient (Wildman–Crippen LogP) is 2.52. The van der Waals surface area contributed by atoms with Crippen molar-refractivity contribution in [2.75, 3.05) is 0 Å². The molecule has 0 unspecified atom stereocenters. The van der Waals surface area contributed by atoms with Crippen molar-refractivity contribution in [3.63, 3.8) is 0 Å². The molecule has 31 heavy (non-hydrogen) atoms. The second-order valence-corrected chi connectivity index (χ2v) is 8.26. The molecule has 0 aliphatic heterocycles. The van der Waals surface area contributed by atoms with Crippen molar-refractivity contribution in [3.8, 4) is 5.75 Å². The van der Waals surface area contributed by atoms with Gasteiger partial charge in [-0.1, -0.05) is 42.5 Å². The third-order valence-corrected chi connectivity index (χ3v) is 5.52. The largest absolute Gasteiger partial charge is 0.489 e. The third kappa shape index (κ3) is 6.39. The van der Waals surface area contributed by atoms with E-state index < -0.39 is 21.9 Å². The van der Waals surface area contributed by atoms with E-state index in [0.29, 0.717) is 12.2 Å². The lowest BCUT2D eigenvalue weighted by molar-refractivity contribution is -0.136. The number of amides is 1. The van der Waals surface area contributed by atoms with Crippen LogP contribution >= 0.6 is 0 Å². The molecule has 3 rings (SSSR count). The van der Waals surface area contributed by atoms with Crippen molar-refractivity contribution in [2.24, 2.45) is 0 Å². The van der Waals surface area contributed by atoms with Crippen LogP contribution in [0.1, 0.15) is 21.5 Å². The van der Waals surface area contributed by atoms with Gasteiger partial charge in [0.2, 0.25) is 0 Å². The summed E-state index contributed by atoms with van der Waals surface area (Å²) >= 11 is 0. The lowest BCUT2D eigenvalue weighted by atomic mass is 10.1. The Labute approximate surface area is 179 Å². The van der Waals surface area contributed by atoms with Crippen LogP contribution in [0.3, 0.4) is 0 Å². The van der Waals surface area contributed by atoms with Crippen LogP contribution < -0.4 is 15.0 Å². The number of hydrogen-bond donors (Lipinski definition) is 3. The summed E-state index contributed by atoms with van der Waals surface area (Å²) in [6, 6.07) is 21.2. The summed E-state index contributed by atoms with van der Waals surface area (Å²) in [5.41, 5.74) is 3.74. The van der Waals surface area contributed by atoms with E-state index in [2.05, 4.69) is 5.43 Å². The highest BCUT2D eigenvalue weighted by molar-refractivity contribution is 7.89. The molecule has 0 radical (unpaired) electrons. The monoisotopic (exact) mass is 440 g/mol. The predicted molar refractivity (Wildman–Crippen MR) is 113 cm³/mol. The highest BCUT2D eigenvalue weighted by Gasteiger charge is 2.16. The van der Waals surface area contributed by atoms with E-state index in [-0.39, 0.29) is 16.9 Å². The number of para-hydroxylation sites is 1. The number of ether oxygens (including phenoxy) is 1. The zero-order valence-electron chi connectivity index (χ0n) is 16.3. The first kappa shape index (κ1) is 22.0. The SMILES string of the molecule is O=C(O)Cc1ccc(S(=O)(=O)NNC(=O)c2ccc(COc3ccccc3)cc2)cc1. The molecule has 3 aromatic rings. The van der Waals surface area contributed by atoms with Gasteiger partial charge < -0.3 is 9.84 Å². The van der Waals surface area contributed by atoms with Gasteiger partial charge in [0.05, 0.1) is 11.3 Å². The van der Waals surface area contributed by atoms with Gasteiger partial charge in [0.25, 0.3) is 15.9 Å². The molecule has 0 aromatic heterocycles. The standard InChI is InChI=1S/C22H20N2O6S/c25-21(26)14-16-8-12-20(13-9-16)31(28,29)24-23-22(27)18-10-6-17(7-11-18)15-30-19-4-2-1-3-5-19/h1-13,24H,14-15H2,(H,23,27)(H,25,26). The first-order valence-electron chi connectivity index (χ1n) is 9.23.